The fraction of sp³-hybridized carbons (Fsp3) is 0.789. The van der Waals surface area contributed by atoms with E-state index in [1.165, 1.54) is 33.3 Å². The van der Waals surface area contributed by atoms with Gasteiger partial charge in [-0.2, -0.15) is 0 Å². The molecule has 7 aliphatic rings. The average Bonchev–Trinajstić information content (AvgIpc) is 3.35. The van der Waals surface area contributed by atoms with Gasteiger partial charge >= 0.3 is 11.9 Å². The molecule has 0 aromatic heterocycles. The van der Waals surface area contributed by atoms with Crippen molar-refractivity contribution in [1.82, 2.24) is 4.90 Å². The molecule has 282 valence electrons. The van der Waals surface area contributed by atoms with Crippen LogP contribution in [-0.4, -0.2) is 123 Å². The Kier molecular flexibility index (Phi) is 8.00. The van der Waals surface area contributed by atoms with Gasteiger partial charge < -0.3 is 49.2 Å². The van der Waals surface area contributed by atoms with Crippen molar-refractivity contribution in [3.05, 3.63) is 23.8 Å². The number of methoxy groups -OCH3 is 2. The number of fused-ring (bicyclic) bond motifs is 5. The van der Waals surface area contributed by atoms with Crippen LogP contribution in [0.1, 0.15) is 76.6 Å². The van der Waals surface area contributed by atoms with Crippen molar-refractivity contribution in [1.29, 1.82) is 0 Å². The van der Waals surface area contributed by atoms with Crippen LogP contribution in [0.15, 0.2) is 18.2 Å². The molecule has 0 unspecified atom stereocenters. The quantitative estimate of drug-likeness (QED) is 0.278. The van der Waals surface area contributed by atoms with Crippen molar-refractivity contribution in [2.45, 2.75) is 119 Å². The molecule has 5 N–H and O–H groups in total. The van der Waals surface area contributed by atoms with Gasteiger partial charge in [0.15, 0.2) is 23.7 Å². The Balaban J connectivity index is 1.26. The Hall–Kier alpha value is -2.52. The number of hydrogen-bond donors (Lipinski definition) is 5. The first-order valence-electron chi connectivity index (χ1n) is 18.6. The highest BCUT2D eigenvalue weighted by molar-refractivity contribution is 5.90. The molecule has 4 bridgehead atoms. The summed E-state index contributed by atoms with van der Waals surface area (Å²) in [6.07, 6.45) is -2.61. The summed E-state index contributed by atoms with van der Waals surface area (Å²) in [5, 5.41) is 63.0. The lowest BCUT2D eigenvalue weighted by Gasteiger charge is -2.64. The van der Waals surface area contributed by atoms with Gasteiger partial charge in [-0.3, -0.25) is 9.69 Å². The second kappa shape index (κ2) is 11.5. The van der Waals surface area contributed by atoms with Crippen LogP contribution in [0, 0.1) is 40.9 Å². The molecular formula is C38H53NO12. The number of benzene rings is 1. The zero-order chi connectivity index (χ0) is 36.6. The lowest BCUT2D eigenvalue weighted by atomic mass is 9.49. The Labute approximate surface area is 298 Å². The smallest absolute Gasteiger partial charge is 0.338 e. The molecule has 3 saturated heterocycles. The number of aliphatic hydroxyl groups excluding tert-OH is 2. The van der Waals surface area contributed by atoms with Gasteiger partial charge in [-0.15, -0.1) is 0 Å². The van der Waals surface area contributed by atoms with Crippen LogP contribution < -0.4 is 9.47 Å². The largest absolute Gasteiger partial charge is 0.493 e. The Morgan fingerprint density at radius 2 is 1.71 bits per heavy atom. The molecule has 4 aliphatic carbocycles. The maximum absolute atomic E-state index is 14.1. The van der Waals surface area contributed by atoms with Crippen molar-refractivity contribution in [3.8, 4) is 11.5 Å². The molecule has 3 heterocycles. The fourth-order valence-electron chi connectivity index (χ4n) is 13.0. The molecule has 0 amide bonds. The van der Waals surface area contributed by atoms with Gasteiger partial charge in [-0.1, -0.05) is 13.8 Å². The van der Waals surface area contributed by atoms with Crippen molar-refractivity contribution >= 4 is 11.9 Å². The number of carbonyl (C=O) groups excluding carboxylic acids is 2. The summed E-state index contributed by atoms with van der Waals surface area (Å²) in [6.45, 7) is 8.45. The summed E-state index contributed by atoms with van der Waals surface area (Å²) in [7, 11) is 2.92. The third-order valence-electron chi connectivity index (χ3n) is 14.9. The highest BCUT2D eigenvalue weighted by Crippen LogP contribution is 2.77. The molecule has 51 heavy (non-hydrogen) atoms. The van der Waals surface area contributed by atoms with Gasteiger partial charge in [0.05, 0.1) is 43.2 Å². The van der Waals surface area contributed by atoms with Crippen LogP contribution >= 0.6 is 0 Å². The van der Waals surface area contributed by atoms with Gasteiger partial charge in [-0.05, 0) is 81.4 Å². The third kappa shape index (κ3) is 4.52. The molecule has 8 rings (SSSR count). The normalized spacial score (nSPS) is 51.0. The predicted octanol–water partition coefficient (Wildman–Crippen LogP) is 1.64. The van der Waals surface area contributed by atoms with E-state index in [4.69, 9.17) is 23.7 Å². The molecule has 1 aromatic carbocycles. The highest BCUT2D eigenvalue weighted by Gasteiger charge is 2.87. The first kappa shape index (κ1) is 35.5. The number of hydrogen-bond acceptors (Lipinski definition) is 13. The summed E-state index contributed by atoms with van der Waals surface area (Å²) in [5.74, 6) is -5.93. The Morgan fingerprint density at radius 3 is 2.39 bits per heavy atom. The minimum Gasteiger partial charge on any atom is -0.493 e. The highest BCUT2D eigenvalue weighted by atomic mass is 16.7. The van der Waals surface area contributed by atoms with Crippen molar-refractivity contribution < 1.29 is 58.8 Å². The standard InChI is InChI=1S/C38H53NO12/c1-18-7-10-27-35(4,44)29-21(17-39(27)16-18)22-15-36-31(23(41)14-26-34(36,3)12-11-28(49-19(2)40)38(26,46)51-36)37(22,45)32(30(29)42)50-33(43)20-8-9-24(47-5)25(13-20)48-6/h8-9,13,18,21-23,26-32,41-42,44-46H,7,10-12,14-17H2,1-6H3/t18-,21-,22+,23-,26-,27-,28-,29-,30+,31+,32-,34-,35+,36+,37+,38+/m0/s1. The molecule has 3 aliphatic heterocycles. The monoisotopic (exact) mass is 715 g/mol. The number of rotatable bonds is 5. The van der Waals surface area contributed by atoms with Crippen molar-refractivity contribution in [2.75, 3.05) is 27.3 Å². The number of carbonyl (C=O) groups is 2. The summed E-state index contributed by atoms with van der Waals surface area (Å²) in [5.41, 5.74) is -5.46. The van der Waals surface area contributed by atoms with Crippen LogP contribution in [-0.2, 0) is 19.0 Å². The maximum Gasteiger partial charge on any atom is 0.338 e. The van der Waals surface area contributed by atoms with Gasteiger partial charge in [-0.25, -0.2) is 4.79 Å². The lowest BCUT2D eigenvalue weighted by Crippen LogP contribution is -2.77. The summed E-state index contributed by atoms with van der Waals surface area (Å²) in [6, 6.07) is 4.28. The zero-order valence-electron chi connectivity index (χ0n) is 30.3. The second-order valence-corrected chi connectivity index (χ2v) is 17.3. The minimum atomic E-state index is -2.03. The van der Waals surface area contributed by atoms with Crippen LogP contribution in [0.3, 0.4) is 0 Å². The van der Waals surface area contributed by atoms with Crippen LogP contribution in [0.2, 0.25) is 0 Å². The van der Waals surface area contributed by atoms with Crippen molar-refractivity contribution in [2.24, 2.45) is 40.9 Å². The Bertz CT molecular complexity index is 1600. The van der Waals surface area contributed by atoms with Gasteiger partial charge in [0.2, 0.25) is 5.79 Å². The van der Waals surface area contributed by atoms with Crippen molar-refractivity contribution in [3.63, 3.8) is 0 Å². The first-order chi connectivity index (χ1) is 24.0. The summed E-state index contributed by atoms with van der Waals surface area (Å²) < 4.78 is 29.5. The number of esters is 2. The fourth-order valence-corrected chi connectivity index (χ4v) is 13.0. The average molecular weight is 716 g/mol. The predicted molar refractivity (Wildman–Crippen MR) is 178 cm³/mol. The third-order valence-corrected chi connectivity index (χ3v) is 14.9. The van der Waals surface area contributed by atoms with E-state index in [2.05, 4.69) is 11.8 Å². The SMILES string of the molecule is COc1ccc(C(=O)O[C@H]2[C@H](O)[C@@H]3[C@@H](CN4C[C@@H](C)CC[C@H]4[C@@]3(C)O)[C@H]3C[C@]45O[C@@]6(O)[C@@H](OC(C)=O)CC[C@@]4(C)[C@@H]6C[C@H](O)[C@H]5[C@]32O)cc1OC. The molecule has 1 aromatic rings. The summed E-state index contributed by atoms with van der Waals surface area (Å²) >= 11 is 0. The lowest BCUT2D eigenvalue weighted by molar-refractivity contribution is -0.296. The maximum atomic E-state index is 14.1. The molecule has 0 radical (unpaired) electrons. The molecule has 13 nitrogen and oxygen atoms in total. The van der Waals surface area contributed by atoms with E-state index in [0.29, 0.717) is 36.8 Å². The molecule has 4 saturated carbocycles. The number of ether oxygens (including phenoxy) is 5. The summed E-state index contributed by atoms with van der Waals surface area (Å²) in [4.78, 5) is 28.5. The molecule has 16 atom stereocenters. The first-order valence-corrected chi connectivity index (χ1v) is 18.6. The minimum absolute atomic E-state index is 0.0379. The van der Waals surface area contributed by atoms with Gasteiger partial charge in [0.25, 0.3) is 0 Å². The molecule has 1 spiro atoms. The Morgan fingerprint density at radius 1 is 0.980 bits per heavy atom. The van der Waals surface area contributed by atoms with E-state index in [9.17, 15) is 35.1 Å². The topological polar surface area (TPSA) is 185 Å². The van der Waals surface area contributed by atoms with E-state index in [-0.39, 0.29) is 24.4 Å². The van der Waals surface area contributed by atoms with Gasteiger partial charge in [0.1, 0.15) is 5.60 Å². The zero-order valence-corrected chi connectivity index (χ0v) is 30.3. The number of aliphatic hydroxyl groups is 5. The van der Waals surface area contributed by atoms with E-state index >= 15 is 0 Å². The second-order valence-electron chi connectivity index (χ2n) is 17.3. The van der Waals surface area contributed by atoms with E-state index in [1.54, 1.807) is 13.0 Å². The van der Waals surface area contributed by atoms with Crippen LogP contribution in [0.25, 0.3) is 0 Å². The van der Waals surface area contributed by atoms with Crippen LogP contribution in [0.4, 0.5) is 0 Å². The molecular weight excluding hydrogens is 662 g/mol. The molecule has 13 heteroatoms. The van der Waals surface area contributed by atoms with Crippen LogP contribution in [0.5, 0.6) is 11.5 Å². The number of piperidine rings is 2. The van der Waals surface area contributed by atoms with E-state index in [0.717, 1.165) is 19.4 Å². The number of nitrogens with zero attached hydrogens (tertiary/aromatic N) is 1. The van der Waals surface area contributed by atoms with E-state index < -0.39 is 93.9 Å². The van der Waals surface area contributed by atoms with Gasteiger partial charge in [0, 0.05) is 49.2 Å². The molecule has 7 fully saturated rings. The van der Waals surface area contributed by atoms with E-state index in [1.807, 2.05) is 6.92 Å².